The predicted molar refractivity (Wildman–Crippen MR) is 92.3 cm³/mol. The summed E-state index contributed by atoms with van der Waals surface area (Å²) < 4.78 is 6.45. The molecule has 0 saturated carbocycles. The Balaban J connectivity index is 1.60. The van der Waals surface area contributed by atoms with E-state index in [1.54, 1.807) is 11.8 Å². The molecule has 0 spiro atoms. The first-order valence-corrected chi connectivity index (χ1v) is 8.77. The first-order chi connectivity index (χ1) is 10.7. The number of ether oxygens (including phenoxy) is 1. The lowest BCUT2D eigenvalue weighted by Gasteiger charge is -2.10. The lowest BCUT2D eigenvalue weighted by molar-refractivity contribution is -0.124. The fraction of sp³-hybridized carbons (Fsp3) is 0.235. The average molecular weight is 378 g/mol. The van der Waals surface area contributed by atoms with Crippen LogP contribution in [0.15, 0.2) is 62.8 Å². The molecule has 1 fully saturated rings. The van der Waals surface area contributed by atoms with Gasteiger partial charge in [-0.25, -0.2) is 0 Å². The van der Waals surface area contributed by atoms with Crippen LogP contribution in [0.25, 0.3) is 0 Å². The van der Waals surface area contributed by atoms with Crippen molar-refractivity contribution >= 4 is 39.3 Å². The number of hydrogen-bond donors (Lipinski definition) is 1. The molecular formula is C17H16BrNO2S. The minimum absolute atomic E-state index is 0.0502. The Morgan fingerprint density at radius 2 is 1.73 bits per heavy atom. The van der Waals surface area contributed by atoms with Crippen LogP contribution >= 0.6 is 27.7 Å². The van der Waals surface area contributed by atoms with E-state index in [9.17, 15) is 4.79 Å². The van der Waals surface area contributed by atoms with Gasteiger partial charge in [-0.2, -0.15) is 0 Å². The van der Waals surface area contributed by atoms with Gasteiger partial charge in [0.05, 0.1) is 0 Å². The monoisotopic (exact) mass is 377 g/mol. The smallest absolute Gasteiger partial charge is 0.253 e. The van der Waals surface area contributed by atoms with Gasteiger partial charge in [-0.05, 0) is 61.4 Å². The fourth-order valence-corrected chi connectivity index (χ4v) is 3.33. The third-order valence-electron chi connectivity index (χ3n) is 3.39. The lowest BCUT2D eigenvalue weighted by Crippen LogP contribution is -2.26. The van der Waals surface area contributed by atoms with E-state index in [2.05, 4.69) is 33.4 Å². The van der Waals surface area contributed by atoms with Crippen molar-refractivity contribution in [2.75, 3.05) is 11.9 Å². The quantitative estimate of drug-likeness (QED) is 0.837. The minimum atomic E-state index is -0.295. The van der Waals surface area contributed by atoms with Crippen LogP contribution in [0.3, 0.4) is 0 Å². The van der Waals surface area contributed by atoms with Crippen LogP contribution in [0, 0.1) is 0 Å². The van der Waals surface area contributed by atoms with Gasteiger partial charge in [-0.3, -0.25) is 4.79 Å². The van der Waals surface area contributed by atoms with E-state index in [-0.39, 0.29) is 12.0 Å². The molecule has 2 aromatic carbocycles. The molecule has 1 N–H and O–H groups in total. The predicted octanol–water partition coefficient (Wildman–Crippen LogP) is 4.72. The van der Waals surface area contributed by atoms with Crippen molar-refractivity contribution in [3.8, 4) is 0 Å². The number of rotatable bonds is 4. The number of benzene rings is 2. The maximum absolute atomic E-state index is 12.0. The summed E-state index contributed by atoms with van der Waals surface area (Å²) >= 11 is 5.12. The van der Waals surface area contributed by atoms with Gasteiger partial charge in [-0.1, -0.05) is 27.7 Å². The Morgan fingerprint density at radius 1 is 1.09 bits per heavy atom. The largest absolute Gasteiger partial charge is 0.368 e. The summed E-state index contributed by atoms with van der Waals surface area (Å²) in [6.45, 7) is 0.681. The van der Waals surface area contributed by atoms with Crippen LogP contribution in [0.5, 0.6) is 0 Å². The van der Waals surface area contributed by atoms with E-state index in [4.69, 9.17) is 4.74 Å². The zero-order valence-corrected chi connectivity index (χ0v) is 14.3. The minimum Gasteiger partial charge on any atom is -0.368 e. The van der Waals surface area contributed by atoms with Crippen LogP contribution in [0.1, 0.15) is 12.8 Å². The van der Waals surface area contributed by atoms with Crippen LogP contribution in [-0.4, -0.2) is 18.6 Å². The number of anilines is 1. The fourth-order valence-electron chi connectivity index (χ4n) is 2.25. The summed E-state index contributed by atoms with van der Waals surface area (Å²) in [6, 6.07) is 16.1. The number of nitrogens with one attached hydrogen (secondary N) is 1. The van der Waals surface area contributed by atoms with Crippen molar-refractivity contribution in [1.29, 1.82) is 0 Å². The summed E-state index contributed by atoms with van der Waals surface area (Å²) in [5.74, 6) is -0.0502. The number of halogens is 1. The molecule has 1 aliphatic rings. The zero-order chi connectivity index (χ0) is 15.4. The summed E-state index contributed by atoms with van der Waals surface area (Å²) in [5.41, 5.74) is 0.806. The van der Waals surface area contributed by atoms with E-state index in [0.29, 0.717) is 6.61 Å². The molecule has 2 aromatic rings. The molecule has 3 nitrogen and oxygen atoms in total. The second-order valence-corrected chi connectivity index (χ2v) is 7.13. The Bertz CT molecular complexity index is 637. The van der Waals surface area contributed by atoms with Gasteiger partial charge in [0.25, 0.3) is 5.91 Å². The highest BCUT2D eigenvalue weighted by molar-refractivity contribution is 9.10. The van der Waals surface area contributed by atoms with Gasteiger partial charge in [-0.15, -0.1) is 0 Å². The molecule has 1 atom stereocenters. The molecule has 114 valence electrons. The van der Waals surface area contributed by atoms with Crippen molar-refractivity contribution in [3.63, 3.8) is 0 Å². The van der Waals surface area contributed by atoms with Gasteiger partial charge in [0.2, 0.25) is 0 Å². The molecule has 0 aliphatic carbocycles. The van der Waals surface area contributed by atoms with Crippen LogP contribution in [-0.2, 0) is 9.53 Å². The number of carbonyl (C=O) groups excluding carboxylic acids is 1. The Kier molecular flexibility index (Phi) is 5.18. The topological polar surface area (TPSA) is 38.3 Å². The van der Waals surface area contributed by atoms with E-state index >= 15 is 0 Å². The second kappa shape index (κ2) is 7.31. The second-order valence-electron chi connectivity index (χ2n) is 5.07. The summed E-state index contributed by atoms with van der Waals surface area (Å²) in [6.07, 6.45) is 1.47. The van der Waals surface area contributed by atoms with Gasteiger partial charge in [0.1, 0.15) is 6.10 Å². The highest BCUT2D eigenvalue weighted by Crippen LogP contribution is 2.29. The summed E-state index contributed by atoms with van der Waals surface area (Å²) in [4.78, 5) is 14.3. The SMILES string of the molecule is O=C(Nc1ccc(Sc2ccc(Br)cc2)cc1)[C@@H]1CCCO1. The number of carbonyl (C=O) groups is 1. The average Bonchev–Trinajstić information content (AvgIpc) is 3.06. The molecule has 0 bridgehead atoms. The third kappa shape index (κ3) is 4.12. The van der Waals surface area contributed by atoms with Crippen LogP contribution in [0.2, 0.25) is 0 Å². The molecule has 0 aromatic heterocycles. The summed E-state index contributed by atoms with van der Waals surface area (Å²) in [7, 11) is 0. The van der Waals surface area contributed by atoms with E-state index in [0.717, 1.165) is 27.9 Å². The van der Waals surface area contributed by atoms with E-state index < -0.39 is 0 Å². The highest BCUT2D eigenvalue weighted by Gasteiger charge is 2.23. The van der Waals surface area contributed by atoms with Crippen molar-refractivity contribution in [3.05, 3.63) is 53.0 Å². The molecule has 1 heterocycles. The normalized spacial score (nSPS) is 17.4. The first kappa shape index (κ1) is 15.6. The van der Waals surface area contributed by atoms with Crippen LogP contribution < -0.4 is 5.32 Å². The van der Waals surface area contributed by atoms with E-state index in [1.165, 1.54) is 4.90 Å². The molecule has 1 aliphatic heterocycles. The zero-order valence-electron chi connectivity index (χ0n) is 11.9. The maximum atomic E-state index is 12.0. The highest BCUT2D eigenvalue weighted by atomic mass is 79.9. The summed E-state index contributed by atoms with van der Waals surface area (Å²) in [5, 5.41) is 2.90. The number of hydrogen-bond acceptors (Lipinski definition) is 3. The van der Waals surface area contributed by atoms with Crippen molar-refractivity contribution in [2.45, 2.75) is 28.7 Å². The molecule has 1 saturated heterocycles. The van der Waals surface area contributed by atoms with E-state index in [1.807, 2.05) is 36.4 Å². The van der Waals surface area contributed by atoms with Gasteiger partial charge in [0, 0.05) is 26.6 Å². The first-order valence-electron chi connectivity index (χ1n) is 7.17. The van der Waals surface area contributed by atoms with Crippen molar-refractivity contribution in [1.82, 2.24) is 0 Å². The van der Waals surface area contributed by atoms with Crippen molar-refractivity contribution in [2.24, 2.45) is 0 Å². The van der Waals surface area contributed by atoms with Crippen LogP contribution in [0.4, 0.5) is 5.69 Å². The lowest BCUT2D eigenvalue weighted by atomic mass is 10.2. The molecular weight excluding hydrogens is 362 g/mol. The third-order valence-corrected chi connectivity index (χ3v) is 4.94. The maximum Gasteiger partial charge on any atom is 0.253 e. The Morgan fingerprint density at radius 3 is 2.32 bits per heavy atom. The Hall–Kier alpha value is -1.30. The van der Waals surface area contributed by atoms with Gasteiger partial charge < -0.3 is 10.1 Å². The molecule has 5 heteroatoms. The Labute approximate surface area is 142 Å². The molecule has 22 heavy (non-hydrogen) atoms. The molecule has 0 unspecified atom stereocenters. The molecule has 3 rings (SSSR count). The number of amides is 1. The van der Waals surface area contributed by atoms with Gasteiger partial charge >= 0.3 is 0 Å². The van der Waals surface area contributed by atoms with Gasteiger partial charge in [0.15, 0.2) is 0 Å². The van der Waals surface area contributed by atoms with Crippen molar-refractivity contribution < 1.29 is 9.53 Å². The molecule has 0 radical (unpaired) electrons. The molecule has 1 amide bonds. The standard InChI is InChI=1S/C17H16BrNO2S/c18-12-3-7-14(8-4-12)22-15-9-5-13(6-10-15)19-17(20)16-2-1-11-21-16/h3-10,16H,1-2,11H2,(H,19,20)/t16-/m0/s1.